The quantitative estimate of drug-likeness (QED) is 0.0847. The molecule has 19 rings (SSSR count). The summed E-state index contributed by atoms with van der Waals surface area (Å²) in [4.78, 5) is 22.7. The molecule has 0 amide bonds. The molecule has 1 heterocycles. The molecule has 0 fully saturated rings. The summed E-state index contributed by atoms with van der Waals surface area (Å²) >= 11 is 0. The van der Waals surface area contributed by atoms with Gasteiger partial charge in [0.05, 0.1) is 16.8 Å². The minimum atomic E-state index is -1.43. The third kappa shape index (κ3) is 13.9. The summed E-state index contributed by atoms with van der Waals surface area (Å²) in [5, 5.41) is 0. The zero-order valence-electron chi connectivity index (χ0n) is 75.6. The summed E-state index contributed by atoms with van der Waals surface area (Å²) in [6, 6.07) is 131. The van der Waals surface area contributed by atoms with Crippen molar-refractivity contribution >= 4 is 115 Å². The molecule has 0 bridgehead atoms. The van der Waals surface area contributed by atoms with Gasteiger partial charge in [-0.2, -0.15) is 0 Å². The van der Waals surface area contributed by atoms with Crippen molar-refractivity contribution < 1.29 is 4.79 Å². The van der Waals surface area contributed by atoms with E-state index in [1.54, 1.807) is 0 Å². The lowest BCUT2D eigenvalue weighted by atomic mass is 9.29. The number of carbonyl (C=O) groups is 1. The fourth-order valence-electron chi connectivity index (χ4n) is 22.8. The molecule has 2 aliphatic rings. The van der Waals surface area contributed by atoms with Crippen molar-refractivity contribution in [2.75, 3.05) is 4.90 Å². The predicted octanol–water partition coefficient (Wildman–Crippen LogP) is 21.1. The Bertz CT molecular complexity index is 6410. The van der Waals surface area contributed by atoms with Crippen molar-refractivity contribution in [3.05, 3.63) is 468 Å². The van der Waals surface area contributed by atoms with Gasteiger partial charge in [0.1, 0.15) is 0 Å². The molecule has 2 nitrogen and oxygen atoms in total. The molecular weight excluding hydrogens is 1510 g/mol. The SMILES string of the molecule is Cc1cccc(C)c1B(c1cc(B(c2c(C)cccc2C)c2c(C)cccc2C)c2c(c1)C1(c3cc(-c4ccccc4)ccc3N(c3cc(-c4ccccc4)cc(-c4ccccc4)c3)c3ccc(-c4ccccc4)cc31)c1cc(B(c3c(C)cccc3C)c3c(C)cccc3C)cc(B(c3c(C)cccc3C)c3c(C)cccc3C)c1C2=O)c1c(C)cccc1C. The van der Waals surface area contributed by atoms with Crippen LogP contribution in [0.15, 0.2) is 346 Å². The van der Waals surface area contributed by atoms with Gasteiger partial charge in [-0.3, -0.25) is 4.79 Å². The van der Waals surface area contributed by atoms with Gasteiger partial charge in [-0.25, -0.2) is 0 Å². The lowest BCUT2D eigenvalue weighted by Gasteiger charge is -2.51. The van der Waals surface area contributed by atoms with E-state index < -0.39 is 18.8 Å². The molecule has 608 valence electrons. The van der Waals surface area contributed by atoms with Gasteiger partial charge in [-0.15, -0.1) is 0 Å². The Morgan fingerprint density at radius 2 is 0.429 bits per heavy atom. The molecule has 1 aliphatic carbocycles. The van der Waals surface area contributed by atoms with E-state index in [0.29, 0.717) is 0 Å². The first kappa shape index (κ1) is 82.1. The van der Waals surface area contributed by atoms with Crippen molar-refractivity contribution in [2.24, 2.45) is 0 Å². The standard InChI is InChI=1S/C120H105B4NO/c1-74-37-29-38-75(2)111(74)121(112-76(3)39-30-40-77(112)4)98-70-103-109(105(72-98)123(115-82(9)45-33-46-83(115)10)116-84(11)47-34-48-85(116)12)119(126)110-104(71-99(122(113-78(5)41-31-42-79(113)6)114-80(7)43-32-44-81(114)8)73-106(110)124(117-86(13)49-35-50-87(117)14)118-88(15)51-36-52-89(118)16)120(103)101-68-94(90-53-21-17-22-54-90)61-63-107(101)125(108-64-62-95(69-102(108)120)91-55-23-18-24-56-91)100-66-96(92-57-25-19-26-58-92)65-97(67-100)93-59-27-20-28-60-93/h17-73H,1-16H3. The first-order valence-electron chi connectivity index (χ1n) is 45.0. The number of nitrogens with zero attached hydrogens (tertiary/aromatic N) is 1. The fourth-order valence-corrected chi connectivity index (χ4v) is 22.8. The molecule has 17 aromatic rings. The highest BCUT2D eigenvalue weighted by Gasteiger charge is 2.56. The maximum absolute atomic E-state index is 20.1. The highest BCUT2D eigenvalue weighted by atomic mass is 16.1. The number of rotatable bonds is 17. The summed E-state index contributed by atoms with van der Waals surface area (Å²) in [5.74, 6) is 0.0112. The lowest BCUT2D eigenvalue weighted by molar-refractivity contribution is 0.103. The average molecular weight is 1620 g/mol. The van der Waals surface area contributed by atoms with Crippen LogP contribution in [-0.2, 0) is 5.41 Å². The maximum Gasteiger partial charge on any atom is 0.243 e. The van der Waals surface area contributed by atoms with E-state index in [-0.39, 0.29) is 19.2 Å². The normalized spacial score (nSPS) is 12.3. The Morgan fingerprint density at radius 1 is 0.198 bits per heavy atom. The van der Waals surface area contributed by atoms with Gasteiger partial charge < -0.3 is 4.90 Å². The maximum atomic E-state index is 20.1. The van der Waals surface area contributed by atoms with E-state index in [4.69, 9.17) is 0 Å². The molecule has 17 aromatic carbocycles. The number of aryl methyl sites for hydroxylation is 16. The van der Waals surface area contributed by atoms with Crippen molar-refractivity contribution in [1.29, 1.82) is 0 Å². The minimum Gasteiger partial charge on any atom is -0.310 e. The van der Waals surface area contributed by atoms with Gasteiger partial charge in [0.15, 0.2) is 5.78 Å². The van der Waals surface area contributed by atoms with Crippen LogP contribution < -0.4 is 70.5 Å². The topological polar surface area (TPSA) is 20.3 Å². The number of anilines is 3. The van der Waals surface area contributed by atoms with Gasteiger partial charge in [-0.05, 0) is 220 Å². The monoisotopic (exact) mass is 1620 g/mol. The van der Waals surface area contributed by atoms with Crippen LogP contribution in [0.2, 0.25) is 0 Å². The smallest absolute Gasteiger partial charge is 0.243 e. The first-order valence-corrected chi connectivity index (χ1v) is 45.0. The van der Waals surface area contributed by atoms with Gasteiger partial charge in [0.2, 0.25) is 26.9 Å². The largest absolute Gasteiger partial charge is 0.310 e. The minimum absolute atomic E-state index is 0.0112. The van der Waals surface area contributed by atoms with Gasteiger partial charge in [0, 0.05) is 16.8 Å². The van der Waals surface area contributed by atoms with Crippen molar-refractivity contribution in [3.8, 4) is 44.5 Å². The van der Waals surface area contributed by atoms with E-state index in [2.05, 4.69) is 461 Å². The van der Waals surface area contributed by atoms with Gasteiger partial charge in [-0.1, -0.05) is 458 Å². The molecule has 6 heteroatoms. The number of hydrogen-bond donors (Lipinski definition) is 0. The molecule has 126 heavy (non-hydrogen) atoms. The molecule has 0 saturated heterocycles. The van der Waals surface area contributed by atoms with Crippen LogP contribution in [0.4, 0.5) is 17.1 Å². The number of carbonyl (C=O) groups excluding carboxylic acids is 1. The summed E-state index contributed by atoms with van der Waals surface area (Å²) in [6.07, 6.45) is 0. The Kier molecular flexibility index (Phi) is 21.6. The predicted molar refractivity (Wildman–Crippen MR) is 544 cm³/mol. The molecular formula is C120H105B4NO. The van der Waals surface area contributed by atoms with Crippen LogP contribution in [0.1, 0.15) is 127 Å². The highest BCUT2D eigenvalue weighted by molar-refractivity contribution is 7.01. The van der Waals surface area contributed by atoms with Gasteiger partial charge in [0.25, 0.3) is 0 Å². The molecule has 0 N–H and O–H groups in total. The van der Waals surface area contributed by atoms with Crippen molar-refractivity contribution in [2.45, 2.75) is 116 Å². The van der Waals surface area contributed by atoms with Crippen LogP contribution in [0.3, 0.4) is 0 Å². The zero-order chi connectivity index (χ0) is 87.2. The number of ketones is 1. The third-order valence-corrected chi connectivity index (χ3v) is 28.5. The number of benzene rings is 17. The molecule has 0 radical (unpaired) electrons. The molecule has 0 atom stereocenters. The molecule has 1 aliphatic heterocycles. The Labute approximate surface area is 748 Å². The summed E-state index contributed by atoms with van der Waals surface area (Å²) in [5.41, 5.74) is 48.8. The molecule has 0 saturated carbocycles. The number of fused-ring (bicyclic) bond motifs is 8. The molecule has 0 aromatic heterocycles. The van der Waals surface area contributed by atoms with Gasteiger partial charge >= 0.3 is 0 Å². The Hall–Kier alpha value is -13.5. The average Bonchev–Trinajstić information content (AvgIpc) is 0.661. The fraction of sp³-hybridized carbons (Fsp3) is 0.142. The Balaban J connectivity index is 1.14. The molecule has 0 unspecified atom stereocenters. The Morgan fingerprint density at radius 3 is 0.675 bits per heavy atom. The molecule has 1 spiro atoms. The van der Waals surface area contributed by atoms with E-state index in [1.807, 2.05) is 0 Å². The van der Waals surface area contributed by atoms with E-state index >= 15 is 4.79 Å². The van der Waals surface area contributed by atoms with Crippen molar-refractivity contribution in [3.63, 3.8) is 0 Å². The number of hydrogen-bond acceptors (Lipinski definition) is 2. The van der Waals surface area contributed by atoms with Crippen LogP contribution >= 0.6 is 0 Å². The zero-order valence-corrected chi connectivity index (χ0v) is 75.6. The second-order valence-corrected chi connectivity index (χ2v) is 36.4. The van der Waals surface area contributed by atoms with Crippen LogP contribution in [0.25, 0.3) is 44.5 Å². The summed E-state index contributed by atoms with van der Waals surface area (Å²) in [6.45, 7) is 35.4. The second kappa shape index (κ2) is 33.2. The van der Waals surface area contributed by atoms with E-state index in [9.17, 15) is 0 Å². The third-order valence-electron chi connectivity index (χ3n) is 28.5. The van der Waals surface area contributed by atoms with Crippen LogP contribution in [-0.4, -0.2) is 32.6 Å². The second-order valence-electron chi connectivity index (χ2n) is 36.4. The van der Waals surface area contributed by atoms with Crippen molar-refractivity contribution in [1.82, 2.24) is 0 Å². The van der Waals surface area contributed by atoms with Crippen LogP contribution in [0, 0.1) is 111 Å². The van der Waals surface area contributed by atoms with E-state index in [1.165, 1.54) is 88.2 Å². The van der Waals surface area contributed by atoms with E-state index in [0.717, 1.165) is 161 Å². The lowest BCUT2D eigenvalue weighted by Crippen LogP contribution is -2.64. The first-order chi connectivity index (χ1) is 61.1. The summed E-state index contributed by atoms with van der Waals surface area (Å²) < 4.78 is 0. The highest BCUT2D eigenvalue weighted by Crippen LogP contribution is 2.62. The van der Waals surface area contributed by atoms with Crippen LogP contribution in [0.5, 0.6) is 0 Å². The summed E-state index contributed by atoms with van der Waals surface area (Å²) in [7, 11) is 0.